The van der Waals surface area contributed by atoms with Gasteiger partial charge in [0.15, 0.2) is 0 Å². The molecule has 4 heteroatoms. The van der Waals surface area contributed by atoms with E-state index in [1.807, 2.05) is 0 Å². The molecule has 0 heterocycles. The summed E-state index contributed by atoms with van der Waals surface area (Å²) in [7, 11) is 0. The molecule has 26 heavy (non-hydrogen) atoms. The third-order valence-corrected chi connectivity index (χ3v) is 4.91. The van der Waals surface area contributed by atoms with Crippen LogP contribution in [-0.4, -0.2) is 25.2 Å². The van der Waals surface area contributed by atoms with Gasteiger partial charge in [-0.3, -0.25) is 9.59 Å². The van der Waals surface area contributed by atoms with Crippen LogP contribution in [0.3, 0.4) is 0 Å². The van der Waals surface area contributed by atoms with Crippen molar-refractivity contribution in [1.29, 1.82) is 0 Å². The molecule has 154 valence electrons. The normalized spacial score (nSPS) is 10.9. The predicted molar refractivity (Wildman–Crippen MR) is 107 cm³/mol. The molecule has 0 saturated carbocycles. The van der Waals surface area contributed by atoms with Gasteiger partial charge in [0.2, 0.25) is 0 Å². The van der Waals surface area contributed by atoms with Crippen LogP contribution in [0.5, 0.6) is 0 Å². The number of hydrogen-bond donors (Lipinski definition) is 0. The molecule has 0 aromatic rings. The van der Waals surface area contributed by atoms with E-state index >= 15 is 0 Å². The summed E-state index contributed by atoms with van der Waals surface area (Å²) in [5, 5.41) is 0. The lowest BCUT2D eigenvalue weighted by Gasteiger charge is -2.12. The Labute approximate surface area is 161 Å². The van der Waals surface area contributed by atoms with Crippen molar-refractivity contribution < 1.29 is 19.1 Å². The third kappa shape index (κ3) is 16.4. The van der Waals surface area contributed by atoms with E-state index in [9.17, 15) is 9.59 Å². The highest BCUT2D eigenvalue weighted by Crippen LogP contribution is 2.11. The molecule has 0 aliphatic heterocycles. The number of carbonyl (C=O) groups excluding carboxylic acids is 2. The van der Waals surface area contributed by atoms with Crippen LogP contribution in [0.4, 0.5) is 0 Å². The Balaban J connectivity index is 3.35. The Hall–Kier alpha value is -1.06. The summed E-state index contributed by atoms with van der Waals surface area (Å²) in [5.41, 5.74) is 0. The van der Waals surface area contributed by atoms with Crippen LogP contribution in [0.1, 0.15) is 111 Å². The molecule has 0 radical (unpaired) electrons. The number of esters is 2. The second kappa shape index (κ2) is 18.7. The van der Waals surface area contributed by atoms with Crippen LogP contribution in [0.25, 0.3) is 0 Å². The fraction of sp³-hybridized carbons (Fsp3) is 0.909. The quantitative estimate of drug-likeness (QED) is 0.212. The second-order valence-corrected chi connectivity index (χ2v) is 7.27. The lowest BCUT2D eigenvalue weighted by atomic mass is 10.1. The summed E-state index contributed by atoms with van der Waals surface area (Å²) in [5.74, 6) is 0.391. The van der Waals surface area contributed by atoms with E-state index in [1.54, 1.807) is 0 Å². The number of hydrogen-bond acceptors (Lipinski definition) is 4. The number of ether oxygens (including phenoxy) is 2. The molecule has 0 saturated heterocycles. The van der Waals surface area contributed by atoms with Gasteiger partial charge in [0, 0.05) is 12.8 Å². The fourth-order valence-corrected chi connectivity index (χ4v) is 2.84. The van der Waals surface area contributed by atoms with Crippen molar-refractivity contribution >= 4 is 11.9 Å². The van der Waals surface area contributed by atoms with Gasteiger partial charge in [-0.1, -0.05) is 78.6 Å². The standard InChI is InChI=1S/C22H42O4/c1-4-7-8-15-18-25-21(23)16-13-11-9-10-12-14-17-22(24)26-19-20(5-2)6-3/h20H,4-19H2,1-3H3. The van der Waals surface area contributed by atoms with E-state index in [-0.39, 0.29) is 11.9 Å². The minimum absolute atomic E-state index is 0.0540. The van der Waals surface area contributed by atoms with Crippen LogP contribution in [-0.2, 0) is 19.1 Å². The highest BCUT2D eigenvalue weighted by Gasteiger charge is 2.08. The Morgan fingerprint density at radius 1 is 0.654 bits per heavy atom. The molecular formula is C22H42O4. The Bertz CT molecular complexity index is 337. The van der Waals surface area contributed by atoms with E-state index in [4.69, 9.17) is 9.47 Å². The van der Waals surface area contributed by atoms with Gasteiger partial charge in [-0.2, -0.15) is 0 Å². The Kier molecular flexibility index (Phi) is 18.0. The molecule has 0 aromatic carbocycles. The maximum Gasteiger partial charge on any atom is 0.305 e. The first kappa shape index (κ1) is 24.9. The predicted octanol–water partition coefficient (Wildman–Crippen LogP) is 6.21. The minimum Gasteiger partial charge on any atom is -0.466 e. The lowest BCUT2D eigenvalue weighted by molar-refractivity contribution is -0.145. The van der Waals surface area contributed by atoms with Crippen molar-refractivity contribution in [2.24, 2.45) is 5.92 Å². The molecule has 0 aromatic heterocycles. The van der Waals surface area contributed by atoms with Gasteiger partial charge in [-0.25, -0.2) is 0 Å². The second-order valence-electron chi connectivity index (χ2n) is 7.27. The molecule has 0 unspecified atom stereocenters. The molecular weight excluding hydrogens is 328 g/mol. The molecule has 0 spiro atoms. The largest absolute Gasteiger partial charge is 0.466 e. The summed E-state index contributed by atoms with van der Waals surface area (Å²) in [6.07, 6.45) is 13.9. The molecule has 0 aliphatic carbocycles. The van der Waals surface area contributed by atoms with Gasteiger partial charge in [0.05, 0.1) is 13.2 Å². The van der Waals surface area contributed by atoms with Gasteiger partial charge in [0.25, 0.3) is 0 Å². The minimum atomic E-state index is -0.0569. The summed E-state index contributed by atoms with van der Waals surface area (Å²) in [6, 6.07) is 0. The fourth-order valence-electron chi connectivity index (χ4n) is 2.84. The van der Waals surface area contributed by atoms with Gasteiger partial charge in [-0.15, -0.1) is 0 Å². The van der Waals surface area contributed by atoms with E-state index in [0.29, 0.717) is 32.0 Å². The Morgan fingerprint density at radius 3 is 1.69 bits per heavy atom. The average Bonchev–Trinajstić information content (AvgIpc) is 2.64. The van der Waals surface area contributed by atoms with Crippen LogP contribution in [0.2, 0.25) is 0 Å². The van der Waals surface area contributed by atoms with Crippen molar-refractivity contribution in [3.8, 4) is 0 Å². The zero-order valence-electron chi connectivity index (χ0n) is 17.5. The first-order valence-corrected chi connectivity index (χ1v) is 10.9. The lowest BCUT2D eigenvalue weighted by Crippen LogP contribution is -2.12. The average molecular weight is 371 g/mol. The van der Waals surface area contributed by atoms with Gasteiger partial charge in [0.1, 0.15) is 0 Å². The Morgan fingerprint density at radius 2 is 1.15 bits per heavy atom. The maximum atomic E-state index is 11.7. The maximum absolute atomic E-state index is 11.7. The molecule has 0 bridgehead atoms. The highest BCUT2D eigenvalue weighted by molar-refractivity contribution is 5.69. The van der Waals surface area contributed by atoms with Gasteiger partial charge >= 0.3 is 11.9 Å². The van der Waals surface area contributed by atoms with E-state index < -0.39 is 0 Å². The number of rotatable bonds is 18. The summed E-state index contributed by atoms with van der Waals surface area (Å²) in [6.45, 7) is 7.59. The van der Waals surface area contributed by atoms with Gasteiger partial charge < -0.3 is 9.47 Å². The van der Waals surface area contributed by atoms with Crippen LogP contribution in [0.15, 0.2) is 0 Å². The van der Waals surface area contributed by atoms with Crippen LogP contribution < -0.4 is 0 Å². The molecule has 0 atom stereocenters. The number of unbranched alkanes of at least 4 members (excludes halogenated alkanes) is 8. The monoisotopic (exact) mass is 370 g/mol. The van der Waals surface area contributed by atoms with Crippen molar-refractivity contribution in [3.63, 3.8) is 0 Å². The summed E-state index contributed by atoms with van der Waals surface area (Å²) < 4.78 is 10.5. The highest BCUT2D eigenvalue weighted by atomic mass is 16.5. The van der Waals surface area contributed by atoms with Crippen molar-refractivity contribution in [1.82, 2.24) is 0 Å². The molecule has 0 aliphatic rings. The number of carbonyl (C=O) groups is 2. The van der Waals surface area contributed by atoms with Crippen molar-refractivity contribution in [2.75, 3.05) is 13.2 Å². The van der Waals surface area contributed by atoms with Crippen LogP contribution >= 0.6 is 0 Å². The first-order chi connectivity index (χ1) is 12.6. The molecule has 0 rings (SSSR count). The van der Waals surface area contributed by atoms with Crippen molar-refractivity contribution in [2.45, 2.75) is 111 Å². The zero-order chi connectivity index (χ0) is 19.5. The van der Waals surface area contributed by atoms with Crippen molar-refractivity contribution in [3.05, 3.63) is 0 Å². The topological polar surface area (TPSA) is 52.6 Å². The smallest absolute Gasteiger partial charge is 0.305 e. The summed E-state index contributed by atoms with van der Waals surface area (Å²) >= 11 is 0. The molecule has 0 N–H and O–H groups in total. The van der Waals surface area contributed by atoms with E-state index in [0.717, 1.165) is 64.2 Å². The van der Waals surface area contributed by atoms with E-state index in [1.165, 1.54) is 12.8 Å². The molecule has 4 nitrogen and oxygen atoms in total. The first-order valence-electron chi connectivity index (χ1n) is 10.9. The van der Waals surface area contributed by atoms with Crippen LogP contribution in [0, 0.1) is 5.92 Å². The molecule has 0 fully saturated rings. The SMILES string of the molecule is CCCCCCOC(=O)CCCCCCCCC(=O)OCC(CC)CC. The zero-order valence-corrected chi connectivity index (χ0v) is 17.5. The van der Waals surface area contributed by atoms with E-state index in [2.05, 4.69) is 20.8 Å². The summed E-state index contributed by atoms with van der Waals surface area (Å²) in [4.78, 5) is 23.2. The van der Waals surface area contributed by atoms with Gasteiger partial charge in [-0.05, 0) is 25.2 Å². The third-order valence-electron chi connectivity index (χ3n) is 4.91. The molecule has 0 amide bonds.